The Bertz CT molecular complexity index is 587. The second-order valence-electron chi connectivity index (χ2n) is 4.50. The second kappa shape index (κ2) is 6.92. The molecular weight excluding hydrogens is 305 g/mol. The number of amides is 2. The van der Waals surface area contributed by atoms with Crippen LogP contribution in [0.2, 0.25) is 0 Å². The minimum absolute atomic E-state index is 0.0749. The number of hydrogen-bond donors (Lipinski definition) is 3. The smallest absolute Gasteiger partial charge is 0.416 e. The van der Waals surface area contributed by atoms with Gasteiger partial charge in [0, 0.05) is 0 Å². The zero-order valence-electron chi connectivity index (χ0n) is 11.2. The third kappa shape index (κ3) is 5.43. The van der Waals surface area contributed by atoms with Crippen LogP contribution in [0.1, 0.15) is 17.5 Å². The lowest BCUT2D eigenvalue weighted by molar-refractivity contribution is -0.140. The maximum Gasteiger partial charge on any atom is 0.416 e. The standard InChI is InChI=1S/C13H13F3N2O4/c14-13(15,16)8-3-1-2-7(4-8)5-10(19)18-9(12(17)22)6-11(20)21/h1-4,9H,5-6H2,(H2,17,22)(H,18,19)(H,20,21)/t9-/m0/s1. The molecule has 1 rings (SSSR count). The summed E-state index contributed by atoms with van der Waals surface area (Å²) in [6, 6.07) is 2.70. The molecular formula is C13H13F3N2O4. The predicted octanol–water partition coefficient (Wildman–Crippen LogP) is 0.693. The van der Waals surface area contributed by atoms with E-state index in [0.29, 0.717) is 0 Å². The van der Waals surface area contributed by atoms with Gasteiger partial charge in [-0.1, -0.05) is 18.2 Å². The van der Waals surface area contributed by atoms with Crippen molar-refractivity contribution in [3.63, 3.8) is 0 Å². The van der Waals surface area contributed by atoms with Gasteiger partial charge in [0.2, 0.25) is 11.8 Å². The molecule has 0 bridgehead atoms. The van der Waals surface area contributed by atoms with E-state index in [-0.39, 0.29) is 5.56 Å². The zero-order chi connectivity index (χ0) is 16.9. The monoisotopic (exact) mass is 318 g/mol. The quantitative estimate of drug-likeness (QED) is 0.717. The van der Waals surface area contributed by atoms with Crippen molar-refractivity contribution < 1.29 is 32.7 Å². The molecule has 0 aliphatic heterocycles. The van der Waals surface area contributed by atoms with Gasteiger partial charge in [0.05, 0.1) is 18.4 Å². The molecule has 0 aromatic heterocycles. The maximum atomic E-state index is 12.5. The fourth-order valence-electron chi connectivity index (χ4n) is 1.69. The summed E-state index contributed by atoms with van der Waals surface area (Å²) >= 11 is 0. The predicted molar refractivity (Wildman–Crippen MR) is 68.5 cm³/mol. The van der Waals surface area contributed by atoms with Crippen LogP contribution in [0.5, 0.6) is 0 Å². The van der Waals surface area contributed by atoms with E-state index in [0.717, 1.165) is 18.2 Å². The lowest BCUT2D eigenvalue weighted by Crippen LogP contribution is -2.46. The van der Waals surface area contributed by atoms with Crippen LogP contribution in [0.3, 0.4) is 0 Å². The third-order valence-corrected chi connectivity index (χ3v) is 2.68. The van der Waals surface area contributed by atoms with Crippen molar-refractivity contribution >= 4 is 17.8 Å². The van der Waals surface area contributed by atoms with Crippen LogP contribution < -0.4 is 11.1 Å². The lowest BCUT2D eigenvalue weighted by Gasteiger charge is -2.14. The SMILES string of the molecule is NC(=O)[C@H](CC(=O)O)NC(=O)Cc1cccc(C(F)(F)F)c1. The molecule has 0 aliphatic carbocycles. The van der Waals surface area contributed by atoms with Gasteiger partial charge < -0.3 is 16.2 Å². The highest BCUT2D eigenvalue weighted by molar-refractivity contribution is 5.90. The number of nitrogens with one attached hydrogen (secondary N) is 1. The number of halogens is 3. The van der Waals surface area contributed by atoms with Crippen LogP contribution in [0.25, 0.3) is 0 Å². The summed E-state index contributed by atoms with van der Waals surface area (Å²) in [7, 11) is 0. The van der Waals surface area contributed by atoms with Gasteiger partial charge in [-0.15, -0.1) is 0 Å². The van der Waals surface area contributed by atoms with Crippen LogP contribution >= 0.6 is 0 Å². The number of carbonyl (C=O) groups excluding carboxylic acids is 2. The molecule has 1 atom stereocenters. The average Bonchev–Trinajstić information content (AvgIpc) is 2.36. The van der Waals surface area contributed by atoms with E-state index < -0.39 is 48.4 Å². The fraction of sp³-hybridized carbons (Fsp3) is 0.308. The number of hydrogen-bond acceptors (Lipinski definition) is 3. The van der Waals surface area contributed by atoms with Gasteiger partial charge in [0.1, 0.15) is 6.04 Å². The Kier molecular flexibility index (Phi) is 5.50. The van der Waals surface area contributed by atoms with E-state index in [2.05, 4.69) is 5.32 Å². The second-order valence-corrected chi connectivity index (χ2v) is 4.50. The van der Waals surface area contributed by atoms with Gasteiger partial charge in [-0.3, -0.25) is 14.4 Å². The molecule has 22 heavy (non-hydrogen) atoms. The molecule has 4 N–H and O–H groups in total. The number of primary amides is 1. The normalized spacial score (nSPS) is 12.5. The zero-order valence-corrected chi connectivity index (χ0v) is 11.2. The maximum absolute atomic E-state index is 12.5. The van der Waals surface area contributed by atoms with Crippen molar-refractivity contribution in [3.05, 3.63) is 35.4 Å². The summed E-state index contributed by atoms with van der Waals surface area (Å²) in [4.78, 5) is 33.2. The van der Waals surface area contributed by atoms with Gasteiger partial charge >= 0.3 is 12.1 Å². The van der Waals surface area contributed by atoms with Crippen LogP contribution in [0.15, 0.2) is 24.3 Å². The summed E-state index contributed by atoms with van der Waals surface area (Å²) in [6.07, 6.45) is -5.68. The first-order valence-electron chi connectivity index (χ1n) is 6.06. The Morgan fingerprint density at radius 3 is 2.41 bits per heavy atom. The Morgan fingerprint density at radius 1 is 1.27 bits per heavy atom. The van der Waals surface area contributed by atoms with Crippen LogP contribution in [0, 0.1) is 0 Å². The Morgan fingerprint density at radius 2 is 1.91 bits per heavy atom. The number of benzene rings is 1. The van der Waals surface area contributed by atoms with Crippen molar-refractivity contribution in [1.82, 2.24) is 5.32 Å². The fourth-order valence-corrected chi connectivity index (χ4v) is 1.69. The molecule has 0 radical (unpaired) electrons. The lowest BCUT2D eigenvalue weighted by atomic mass is 10.1. The molecule has 6 nitrogen and oxygen atoms in total. The van der Waals surface area contributed by atoms with Gasteiger partial charge in [-0.05, 0) is 11.6 Å². The number of aliphatic carboxylic acids is 1. The average molecular weight is 318 g/mol. The van der Waals surface area contributed by atoms with Crippen LogP contribution in [0.4, 0.5) is 13.2 Å². The molecule has 0 saturated carbocycles. The van der Waals surface area contributed by atoms with Crippen molar-refractivity contribution in [3.8, 4) is 0 Å². The molecule has 1 aromatic rings. The number of alkyl halides is 3. The van der Waals surface area contributed by atoms with Gasteiger partial charge in [-0.2, -0.15) is 13.2 Å². The largest absolute Gasteiger partial charge is 0.481 e. The first kappa shape index (κ1) is 17.5. The van der Waals surface area contributed by atoms with E-state index in [1.54, 1.807) is 0 Å². The van der Waals surface area contributed by atoms with E-state index in [1.807, 2.05) is 0 Å². The highest BCUT2D eigenvalue weighted by atomic mass is 19.4. The molecule has 2 amide bonds. The van der Waals surface area contributed by atoms with Crippen LogP contribution in [-0.4, -0.2) is 28.9 Å². The van der Waals surface area contributed by atoms with E-state index in [9.17, 15) is 27.6 Å². The molecule has 120 valence electrons. The topological polar surface area (TPSA) is 109 Å². The van der Waals surface area contributed by atoms with Gasteiger partial charge in [-0.25, -0.2) is 0 Å². The number of carboxylic acid groups (broad SMARTS) is 1. The van der Waals surface area contributed by atoms with Crippen molar-refractivity contribution in [2.75, 3.05) is 0 Å². The summed E-state index contributed by atoms with van der Waals surface area (Å²) in [5.74, 6) is -3.19. The summed E-state index contributed by atoms with van der Waals surface area (Å²) < 4.78 is 37.6. The minimum atomic E-state index is -4.54. The molecule has 0 aliphatic rings. The van der Waals surface area contributed by atoms with E-state index in [4.69, 9.17) is 10.8 Å². The molecule has 0 spiro atoms. The molecule has 9 heteroatoms. The third-order valence-electron chi connectivity index (χ3n) is 2.68. The Hall–Kier alpha value is -2.58. The van der Waals surface area contributed by atoms with E-state index >= 15 is 0 Å². The Balaban J connectivity index is 2.76. The highest BCUT2D eigenvalue weighted by Crippen LogP contribution is 2.29. The van der Waals surface area contributed by atoms with Crippen LogP contribution in [-0.2, 0) is 27.0 Å². The van der Waals surface area contributed by atoms with Crippen molar-refractivity contribution in [2.45, 2.75) is 25.1 Å². The minimum Gasteiger partial charge on any atom is -0.481 e. The summed E-state index contributed by atoms with van der Waals surface area (Å²) in [6.45, 7) is 0. The highest BCUT2D eigenvalue weighted by Gasteiger charge is 2.30. The molecule has 0 saturated heterocycles. The summed E-state index contributed by atoms with van der Waals surface area (Å²) in [5.41, 5.74) is 4.11. The van der Waals surface area contributed by atoms with Crippen molar-refractivity contribution in [2.24, 2.45) is 5.73 Å². The van der Waals surface area contributed by atoms with Gasteiger partial charge in [0.15, 0.2) is 0 Å². The van der Waals surface area contributed by atoms with Gasteiger partial charge in [0.25, 0.3) is 0 Å². The molecule has 0 unspecified atom stereocenters. The number of carboxylic acids is 1. The van der Waals surface area contributed by atoms with E-state index in [1.165, 1.54) is 6.07 Å². The molecule has 1 aromatic carbocycles. The Labute approximate surface area is 123 Å². The number of nitrogens with two attached hydrogens (primary N) is 1. The molecule has 0 fully saturated rings. The first-order chi connectivity index (χ1) is 10.1. The summed E-state index contributed by atoms with van der Waals surface area (Å²) in [5, 5.41) is 10.7. The first-order valence-corrected chi connectivity index (χ1v) is 6.06. The number of rotatable bonds is 6. The number of carbonyl (C=O) groups is 3. The molecule has 0 heterocycles. The van der Waals surface area contributed by atoms with Crippen molar-refractivity contribution in [1.29, 1.82) is 0 Å².